The maximum Gasteiger partial charge on any atom is 0.358 e. The summed E-state index contributed by atoms with van der Waals surface area (Å²) in [6.07, 6.45) is 0. The second-order valence-corrected chi connectivity index (χ2v) is 7.30. The van der Waals surface area contributed by atoms with Crippen molar-refractivity contribution in [1.29, 1.82) is 0 Å². The minimum atomic E-state index is -0.423. The van der Waals surface area contributed by atoms with E-state index < -0.39 is 5.97 Å². The number of nitrogens with zero attached hydrogens (tertiary/aromatic N) is 3. The Morgan fingerprint density at radius 2 is 2.08 bits per heavy atom. The molecule has 0 unspecified atom stereocenters. The number of thiophene rings is 1. The summed E-state index contributed by atoms with van der Waals surface area (Å²) in [4.78, 5) is 27.5. The maximum absolute atomic E-state index is 13.1. The Morgan fingerprint density at radius 3 is 2.85 bits per heavy atom. The van der Waals surface area contributed by atoms with Gasteiger partial charge in [0.15, 0.2) is 5.69 Å². The molecule has 3 aromatic rings. The van der Waals surface area contributed by atoms with Crippen molar-refractivity contribution >= 4 is 33.3 Å². The molecule has 0 N–H and O–H groups in total. The number of aromatic nitrogens is 2. The van der Waals surface area contributed by atoms with Crippen LogP contribution in [0, 0.1) is 6.92 Å². The van der Waals surface area contributed by atoms with Crippen molar-refractivity contribution in [3.8, 4) is 0 Å². The quantitative estimate of drug-likeness (QED) is 0.665. The van der Waals surface area contributed by atoms with Gasteiger partial charge < -0.3 is 9.64 Å². The molecule has 7 heteroatoms. The molecule has 4 rings (SSSR count). The number of ether oxygens (including phenoxy) is 1. The van der Waals surface area contributed by atoms with E-state index in [9.17, 15) is 9.59 Å². The van der Waals surface area contributed by atoms with Crippen LogP contribution in [0.4, 0.5) is 0 Å². The summed E-state index contributed by atoms with van der Waals surface area (Å²) in [5, 5.41) is 5.43. The van der Waals surface area contributed by atoms with Crippen LogP contribution in [0.5, 0.6) is 0 Å². The van der Waals surface area contributed by atoms with Crippen LogP contribution in [0.3, 0.4) is 0 Å². The Morgan fingerprint density at radius 1 is 1.27 bits per heavy atom. The number of esters is 1. The monoisotopic (exact) mass is 369 g/mol. The van der Waals surface area contributed by atoms with Gasteiger partial charge in [0.05, 0.1) is 30.3 Å². The first-order chi connectivity index (χ1) is 12.6. The molecular formula is C19H19N3O3S. The molecule has 26 heavy (non-hydrogen) atoms. The zero-order chi connectivity index (χ0) is 18.3. The molecule has 0 atom stereocenters. The van der Waals surface area contributed by atoms with Crippen molar-refractivity contribution in [2.75, 3.05) is 13.2 Å². The van der Waals surface area contributed by atoms with Crippen LogP contribution >= 0.6 is 11.3 Å². The third-order valence-corrected chi connectivity index (χ3v) is 5.87. The van der Waals surface area contributed by atoms with Gasteiger partial charge in [-0.25, -0.2) is 4.79 Å². The number of rotatable bonds is 3. The Balaban J connectivity index is 1.59. The third kappa shape index (κ3) is 2.78. The number of benzene rings is 1. The fourth-order valence-corrected chi connectivity index (χ4v) is 4.44. The van der Waals surface area contributed by atoms with Gasteiger partial charge in [0, 0.05) is 11.2 Å². The minimum absolute atomic E-state index is 0.0360. The molecule has 0 saturated heterocycles. The standard InChI is InChI=1S/C19H19N3O3S/c1-3-25-19(24)15-10-13-11-21(8-9-22(13)20-15)18(23)17-12(2)14-6-4-5-7-16(14)26-17/h4-7,10H,3,8-9,11H2,1-2H3. The van der Waals surface area contributed by atoms with Crippen molar-refractivity contribution < 1.29 is 14.3 Å². The van der Waals surface area contributed by atoms with Gasteiger partial charge in [-0.3, -0.25) is 9.48 Å². The van der Waals surface area contributed by atoms with Crippen molar-refractivity contribution in [2.24, 2.45) is 0 Å². The van der Waals surface area contributed by atoms with Gasteiger partial charge in [-0.2, -0.15) is 5.10 Å². The van der Waals surface area contributed by atoms with E-state index in [0.29, 0.717) is 31.9 Å². The first-order valence-electron chi connectivity index (χ1n) is 8.59. The smallest absolute Gasteiger partial charge is 0.358 e. The molecule has 1 aliphatic rings. The molecule has 0 radical (unpaired) electrons. The predicted molar refractivity (Wildman–Crippen MR) is 99.5 cm³/mol. The molecule has 2 aromatic heterocycles. The van der Waals surface area contributed by atoms with E-state index >= 15 is 0 Å². The molecule has 1 aliphatic heterocycles. The zero-order valence-electron chi connectivity index (χ0n) is 14.7. The molecule has 1 aromatic carbocycles. The summed E-state index contributed by atoms with van der Waals surface area (Å²) in [6.45, 7) is 5.67. The summed E-state index contributed by atoms with van der Waals surface area (Å²) in [5.74, 6) is -0.388. The largest absolute Gasteiger partial charge is 0.461 e. The number of aryl methyl sites for hydroxylation is 1. The number of carbonyl (C=O) groups is 2. The van der Waals surface area contributed by atoms with Gasteiger partial charge in [0.2, 0.25) is 0 Å². The topological polar surface area (TPSA) is 64.4 Å². The van der Waals surface area contributed by atoms with Crippen LogP contribution in [0.15, 0.2) is 30.3 Å². The Bertz CT molecular complexity index is 1000. The van der Waals surface area contributed by atoms with Gasteiger partial charge in [-0.05, 0) is 36.9 Å². The van der Waals surface area contributed by atoms with E-state index in [2.05, 4.69) is 11.2 Å². The lowest BCUT2D eigenvalue weighted by Gasteiger charge is -2.27. The van der Waals surface area contributed by atoms with Crippen LogP contribution in [-0.2, 0) is 17.8 Å². The number of fused-ring (bicyclic) bond motifs is 2. The molecule has 0 saturated carbocycles. The first-order valence-corrected chi connectivity index (χ1v) is 9.41. The molecular weight excluding hydrogens is 350 g/mol. The van der Waals surface area contributed by atoms with Gasteiger partial charge >= 0.3 is 5.97 Å². The number of hydrogen-bond acceptors (Lipinski definition) is 5. The normalized spacial score (nSPS) is 13.7. The highest BCUT2D eigenvalue weighted by Crippen LogP contribution is 2.32. The van der Waals surface area contributed by atoms with E-state index in [1.165, 1.54) is 11.3 Å². The van der Waals surface area contributed by atoms with Crippen LogP contribution in [-0.4, -0.2) is 39.7 Å². The number of amides is 1. The van der Waals surface area contributed by atoms with Crippen molar-refractivity contribution in [3.63, 3.8) is 0 Å². The zero-order valence-corrected chi connectivity index (χ0v) is 15.5. The molecule has 3 heterocycles. The fourth-order valence-electron chi connectivity index (χ4n) is 3.27. The van der Waals surface area contributed by atoms with Crippen LogP contribution in [0.2, 0.25) is 0 Å². The van der Waals surface area contributed by atoms with Crippen LogP contribution in [0.1, 0.15) is 38.3 Å². The van der Waals surface area contributed by atoms with Gasteiger partial charge in [-0.1, -0.05) is 18.2 Å². The average molecular weight is 369 g/mol. The SMILES string of the molecule is CCOC(=O)c1cc2n(n1)CCN(C(=O)c1sc3ccccc3c1C)C2. The second-order valence-electron chi connectivity index (χ2n) is 6.24. The van der Waals surface area contributed by atoms with Crippen molar-refractivity contribution in [1.82, 2.24) is 14.7 Å². The van der Waals surface area contributed by atoms with Gasteiger partial charge in [0.25, 0.3) is 5.91 Å². The van der Waals surface area contributed by atoms with Crippen LogP contribution < -0.4 is 0 Å². The lowest BCUT2D eigenvalue weighted by Crippen LogP contribution is -2.38. The molecule has 0 fully saturated rings. The highest BCUT2D eigenvalue weighted by Gasteiger charge is 2.27. The lowest BCUT2D eigenvalue weighted by atomic mass is 10.1. The lowest BCUT2D eigenvalue weighted by molar-refractivity contribution is 0.0517. The summed E-state index contributed by atoms with van der Waals surface area (Å²) in [7, 11) is 0. The van der Waals surface area contributed by atoms with E-state index in [1.807, 2.05) is 30.0 Å². The minimum Gasteiger partial charge on any atom is -0.461 e. The van der Waals surface area contributed by atoms with E-state index in [-0.39, 0.29) is 5.91 Å². The fraction of sp³-hybridized carbons (Fsp3) is 0.316. The predicted octanol–water partition coefficient (Wildman–Crippen LogP) is 3.24. The molecule has 0 aliphatic carbocycles. The highest BCUT2D eigenvalue weighted by molar-refractivity contribution is 7.21. The van der Waals surface area contributed by atoms with Crippen molar-refractivity contribution in [3.05, 3.63) is 52.2 Å². The Labute approximate surface area is 155 Å². The second kappa shape index (κ2) is 6.57. The third-order valence-electron chi connectivity index (χ3n) is 4.61. The summed E-state index contributed by atoms with van der Waals surface area (Å²) >= 11 is 1.54. The number of carbonyl (C=O) groups excluding carboxylic acids is 2. The molecule has 6 nitrogen and oxygen atoms in total. The maximum atomic E-state index is 13.1. The van der Waals surface area contributed by atoms with Gasteiger partial charge in [0.1, 0.15) is 0 Å². The molecule has 0 bridgehead atoms. The first kappa shape index (κ1) is 16.8. The molecule has 134 valence electrons. The Hall–Kier alpha value is -2.67. The molecule has 0 spiro atoms. The Kier molecular flexibility index (Phi) is 4.24. The average Bonchev–Trinajstić information content (AvgIpc) is 3.22. The van der Waals surface area contributed by atoms with E-state index in [0.717, 1.165) is 26.2 Å². The van der Waals surface area contributed by atoms with E-state index in [1.54, 1.807) is 17.7 Å². The summed E-state index contributed by atoms with van der Waals surface area (Å²) in [6, 6.07) is 9.79. The molecule has 1 amide bonds. The van der Waals surface area contributed by atoms with E-state index in [4.69, 9.17) is 4.74 Å². The summed E-state index contributed by atoms with van der Waals surface area (Å²) < 4.78 is 7.92. The summed E-state index contributed by atoms with van der Waals surface area (Å²) in [5.41, 5.74) is 2.18. The van der Waals surface area contributed by atoms with Gasteiger partial charge in [-0.15, -0.1) is 11.3 Å². The van der Waals surface area contributed by atoms with Crippen molar-refractivity contribution in [2.45, 2.75) is 26.9 Å². The van der Waals surface area contributed by atoms with Crippen LogP contribution in [0.25, 0.3) is 10.1 Å². The number of hydrogen-bond donors (Lipinski definition) is 0. The highest BCUT2D eigenvalue weighted by atomic mass is 32.1.